The Labute approximate surface area is 191 Å². The van der Waals surface area contributed by atoms with Gasteiger partial charge in [-0.05, 0) is 54.5 Å². The Kier molecular flexibility index (Phi) is 6.82. The van der Waals surface area contributed by atoms with Gasteiger partial charge in [0, 0.05) is 37.1 Å². The molecule has 2 fully saturated rings. The first-order valence-electron chi connectivity index (χ1n) is 11.2. The molecule has 0 aromatic heterocycles. The lowest BCUT2D eigenvalue weighted by Crippen LogP contribution is -2.44. The average molecular weight is 446 g/mol. The SMILES string of the molecule is CC(C)(C)OC(=O)N1CCC(OC(=O)Nc2ccccc2B2OC(C)(C)C(C)(C)O2)CC1. The van der Waals surface area contributed by atoms with Gasteiger partial charge in [0.05, 0.1) is 11.2 Å². The molecule has 0 unspecified atom stereocenters. The summed E-state index contributed by atoms with van der Waals surface area (Å²) in [5.74, 6) is 0. The third-order valence-electron chi connectivity index (χ3n) is 6.07. The molecule has 32 heavy (non-hydrogen) atoms. The van der Waals surface area contributed by atoms with E-state index in [1.165, 1.54) is 0 Å². The maximum atomic E-state index is 12.6. The Morgan fingerprint density at radius 3 is 2.19 bits per heavy atom. The number of piperidine rings is 1. The van der Waals surface area contributed by atoms with Gasteiger partial charge in [-0.2, -0.15) is 0 Å². The smallest absolute Gasteiger partial charge is 0.446 e. The largest absolute Gasteiger partial charge is 0.496 e. The summed E-state index contributed by atoms with van der Waals surface area (Å²) in [7, 11) is -0.589. The van der Waals surface area contributed by atoms with Crippen LogP contribution in [0.25, 0.3) is 0 Å². The molecule has 3 rings (SSSR count). The molecule has 0 atom stereocenters. The van der Waals surface area contributed by atoms with E-state index >= 15 is 0 Å². The van der Waals surface area contributed by atoms with Gasteiger partial charge in [0.15, 0.2) is 0 Å². The number of carbonyl (C=O) groups excluding carboxylic acids is 2. The number of amides is 2. The van der Waals surface area contributed by atoms with E-state index in [2.05, 4.69) is 5.32 Å². The summed E-state index contributed by atoms with van der Waals surface area (Å²) in [6.45, 7) is 14.4. The average Bonchev–Trinajstić information content (AvgIpc) is 2.88. The van der Waals surface area contributed by atoms with Crippen molar-refractivity contribution in [1.82, 2.24) is 4.90 Å². The Balaban J connectivity index is 1.55. The zero-order valence-electron chi connectivity index (χ0n) is 20.2. The summed E-state index contributed by atoms with van der Waals surface area (Å²) in [4.78, 5) is 26.4. The van der Waals surface area contributed by atoms with Gasteiger partial charge in [-0.1, -0.05) is 18.2 Å². The molecule has 0 spiro atoms. The van der Waals surface area contributed by atoms with Crippen molar-refractivity contribution in [2.75, 3.05) is 18.4 Å². The number of hydrogen-bond acceptors (Lipinski definition) is 6. The number of nitrogens with zero attached hydrogens (tertiary/aromatic N) is 1. The summed E-state index contributed by atoms with van der Waals surface area (Å²) in [6, 6.07) is 7.39. The van der Waals surface area contributed by atoms with Crippen LogP contribution < -0.4 is 10.8 Å². The minimum Gasteiger partial charge on any atom is -0.446 e. The fourth-order valence-electron chi connectivity index (χ4n) is 3.56. The number of likely N-dealkylation sites (tertiary alicyclic amines) is 1. The van der Waals surface area contributed by atoms with Crippen molar-refractivity contribution in [3.63, 3.8) is 0 Å². The first-order chi connectivity index (χ1) is 14.8. The summed E-state index contributed by atoms with van der Waals surface area (Å²) in [5.41, 5.74) is -0.166. The fraction of sp³-hybridized carbons (Fsp3) is 0.652. The van der Waals surface area contributed by atoms with Crippen molar-refractivity contribution in [3.05, 3.63) is 24.3 Å². The summed E-state index contributed by atoms with van der Waals surface area (Å²) in [5, 5.41) is 2.83. The summed E-state index contributed by atoms with van der Waals surface area (Å²) >= 11 is 0. The van der Waals surface area contributed by atoms with E-state index in [1.807, 2.05) is 66.7 Å². The Hall–Kier alpha value is -2.26. The lowest BCUT2D eigenvalue weighted by molar-refractivity contribution is 0.00578. The number of anilines is 1. The molecule has 0 radical (unpaired) electrons. The second-order valence-corrected chi connectivity index (χ2v) is 10.4. The van der Waals surface area contributed by atoms with Crippen molar-refractivity contribution < 1.29 is 28.4 Å². The number of rotatable bonds is 3. The number of benzene rings is 1. The van der Waals surface area contributed by atoms with Crippen molar-refractivity contribution in [2.24, 2.45) is 0 Å². The molecular weight excluding hydrogens is 411 g/mol. The highest BCUT2D eigenvalue weighted by Crippen LogP contribution is 2.37. The number of carbonyl (C=O) groups is 2. The third kappa shape index (κ3) is 5.75. The minimum atomic E-state index is -0.589. The lowest BCUT2D eigenvalue weighted by Gasteiger charge is -2.33. The van der Waals surface area contributed by atoms with E-state index < -0.39 is 30.0 Å². The van der Waals surface area contributed by atoms with Crippen molar-refractivity contribution in [1.29, 1.82) is 0 Å². The Morgan fingerprint density at radius 1 is 1.06 bits per heavy atom. The molecule has 1 aromatic rings. The molecule has 0 saturated carbocycles. The highest BCUT2D eigenvalue weighted by molar-refractivity contribution is 6.64. The van der Waals surface area contributed by atoms with E-state index in [0.29, 0.717) is 31.6 Å². The van der Waals surface area contributed by atoms with Gasteiger partial charge in [-0.15, -0.1) is 0 Å². The lowest BCUT2D eigenvalue weighted by atomic mass is 9.78. The van der Waals surface area contributed by atoms with Gasteiger partial charge in [0.2, 0.25) is 0 Å². The van der Waals surface area contributed by atoms with E-state index in [-0.39, 0.29) is 12.2 Å². The number of nitrogens with one attached hydrogen (secondary N) is 1. The predicted molar refractivity (Wildman–Crippen MR) is 123 cm³/mol. The van der Waals surface area contributed by atoms with Gasteiger partial charge in [-0.3, -0.25) is 5.32 Å². The van der Waals surface area contributed by atoms with Crippen molar-refractivity contribution in [2.45, 2.75) is 84.2 Å². The second-order valence-electron chi connectivity index (χ2n) is 10.4. The quantitative estimate of drug-likeness (QED) is 0.709. The Morgan fingerprint density at radius 2 is 1.62 bits per heavy atom. The second kappa shape index (κ2) is 8.94. The van der Waals surface area contributed by atoms with Crippen LogP contribution in [0.2, 0.25) is 0 Å². The molecule has 2 saturated heterocycles. The van der Waals surface area contributed by atoms with E-state index in [1.54, 1.807) is 11.0 Å². The summed E-state index contributed by atoms with van der Waals surface area (Å²) in [6.07, 6.45) is -0.0176. The van der Waals surface area contributed by atoms with Crippen LogP contribution in [0.5, 0.6) is 0 Å². The van der Waals surface area contributed by atoms with Crippen molar-refractivity contribution in [3.8, 4) is 0 Å². The third-order valence-corrected chi connectivity index (χ3v) is 6.07. The fourth-order valence-corrected chi connectivity index (χ4v) is 3.56. The molecule has 0 aliphatic carbocycles. The van der Waals surface area contributed by atoms with Gasteiger partial charge >= 0.3 is 19.3 Å². The van der Waals surface area contributed by atoms with Gasteiger partial charge in [0.25, 0.3) is 0 Å². The zero-order valence-corrected chi connectivity index (χ0v) is 20.2. The topological polar surface area (TPSA) is 86.3 Å². The highest BCUT2D eigenvalue weighted by Gasteiger charge is 2.52. The van der Waals surface area contributed by atoms with Crippen LogP contribution in [-0.2, 0) is 18.8 Å². The molecular formula is C23H35BN2O6. The highest BCUT2D eigenvalue weighted by atomic mass is 16.7. The van der Waals surface area contributed by atoms with Gasteiger partial charge in [0.1, 0.15) is 11.7 Å². The number of para-hydroxylation sites is 1. The normalized spacial score (nSPS) is 20.7. The maximum absolute atomic E-state index is 12.6. The van der Waals surface area contributed by atoms with Crippen LogP contribution in [-0.4, -0.2) is 60.2 Å². The molecule has 0 bridgehead atoms. The van der Waals surface area contributed by atoms with E-state index in [0.717, 1.165) is 5.46 Å². The van der Waals surface area contributed by atoms with Crippen LogP contribution in [0.4, 0.5) is 15.3 Å². The number of hydrogen-bond donors (Lipinski definition) is 1. The van der Waals surface area contributed by atoms with Crippen LogP contribution in [0.1, 0.15) is 61.3 Å². The van der Waals surface area contributed by atoms with Crippen LogP contribution in [0.15, 0.2) is 24.3 Å². The van der Waals surface area contributed by atoms with Gasteiger partial charge in [-0.25, -0.2) is 9.59 Å². The molecule has 1 N–H and O–H groups in total. The zero-order chi connectivity index (χ0) is 23.7. The molecule has 1 aromatic carbocycles. The number of ether oxygens (including phenoxy) is 2. The molecule has 8 nitrogen and oxygen atoms in total. The predicted octanol–water partition coefficient (Wildman–Crippen LogP) is 3.93. The van der Waals surface area contributed by atoms with Crippen molar-refractivity contribution >= 4 is 30.5 Å². The molecule has 2 aliphatic rings. The molecule has 2 aliphatic heterocycles. The van der Waals surface area contributed by atoms with E-state index in [4.69, 9.17) is 18.8 Å². The van der Waals surface area contributed by atoms with E-state index in [9.17, 15) is 9.59 Å². The Bertz CT molecular complexity index is 827. The monoisotopic (exact) mass is 446 g/mol. The minimum absolute atomic E-state index is 0.266. The van der Waals surface area contributed by atoms with Crippen LogP contribution in [0, 0.1) is 0 Å². The van der Waals surface area contributed by atoms with Crippen LogP contribution in [0.3, 0.4) is 0 Å². The molecule has 2 amide bonds. The summed E-state index contributed by atoms with van der Waals surface area (Å²) < 4.78 is 23.3. The molecule has 9 heteroatoms. The molecule has 2 heterocycles. The standard InChI is InChI=1S/C23H35BN2O6/c1-21(2,3)30-20(28)26-14-12-16(13-15-26)29-19(27)25-18-11-9-8-10-17(18)24-31-22(4,5)23(6,7)32-24/h8-11,16H,12-15H2,1-7H3,(H,25,27). The maximum Gasteiger partial charge on any atom is 0.496 e. The first-order valence-corrected chi connectivity index (χ1v) is 11.2. The van der Waals surface area contributed by atoms with Crippen LogP contribution >= 0.6 is 0 Å². The molecule has 176 valence electrons. The van der Waals surface area contributed by atoms with Gasteiger partial charge < -0.3 is 23.7 Å². The first kappa shape index (κ1) is 24.4.